The van der Waals surface area contributed by atoms with Crippen LogP contribution in [0, 0.1) is 5.82 Å². The van der Waals surface area contributed by atoms with Crippen LogP contribution < -0.4 is 0 Å². The topological polar surface area (TPSA) is 29.5 Å². The third-order valence-corrected chi connectivity index (χ3v) is 3.70. The van der Waals surface area contributed by atoms with Gasteiger partial charge in [-0.15, -0.1) is 0 Å². The first-order valence-corrected chi connectivity index (χ1v) is 7.52. The first kappa shape index (κ1) is 15.3. The van der Waals surface area contributed by atoms with Crippen LogP contribution in [0.15, 0.2) is 22.7 Å². The fraction of sp³-hybridized carbons (Fsp3) is 0.533. The maximum Gasteiger partial charge on any atom is 0.410 e. The van der Waals surface area contributed by atoms with E-state index < -0.39 is 5.60 Å². The normalized spacial score (nSPS) is 19.2. The molecule has 1 amide bonds. The molecule has 0 N–H and O–H groups in total. The van der Waals surface area contributed by atoms with Crippen LogP contribution >= 0.6 is 15.9 Å². The van der Waals surface area contributed by atoms with Gasteiger partial charge in [-0.25, -0.2) is 9.18 Å². The highest BCUT2D eigenvalue weighted by Gasteiger charge is 2.34. The molecule has 3 nitrogen and oxygen atoms in total. The Morgan fingerprint density at radius 1 is 1.45 bits per heavy atom. The summed E-state index contributed by atoms with van der Waals surface area (Å²) in [6.07, 6.45) is 1.25. The third kappa shape index (κ3) is 3.51. The average molecular weight is 344 g/mol. The zero-order valence-electron chi connectivity index (χ0n) is 12.0. The van der Waals surface area contributed by atoms with Gasteiger partial charge in [0.25, 0.3) is 0 Å². The second-order valence-corrected chi connectivity index (χ2v) is 6.91. The van der Waals surface area contributed by atoms with Crippen LogP contribution in [0.2, 0.25) is 0 Å². The van der Waals surface area contributed by atoms with Gasteiger partial charge >= 0.3 is 6.09 Å². The van der Waals surface area contributed by atoms with Gasteiger partial charge in [0.05, 0.1) is 6.04 Å². The highest BCUT2D eigenvalue weighted by atomic mass is 79.9. The van der Waals surface area contributed by atoms with Crippen molar-refractivity contribution in [1.29, 1.82) is 0 Å². The van der Waals surface area contributed by atoms with E-state index in [1.807, 2.05) is 20.8 Å². The number of likely N-dealkylation sites (tertiary alicyclic amines) is 1. The molecule has 1 heterocycles. The lowest BCUT2D eigenvalue weighted by molar-refractivity contribution is 0.0222. The molecular formula is C15H19BrFNO2. The Hall–Kier alpha value is -1.10. The fourth-order valence-corrected chi connectivity index (χ4v) is 2.73. The minimum atomic E-state index is -0.539. The van der Waals surface area contributed by atoms with E-state index >= 15 is 0 Å². The third-order valence-electron chi connectivity index (χ3n) is 3.20. The van der Waals surface area contributed by atoms with Gasteiger partial charge in [0, 0.05) is 16.6 Å². The molecule has 0 aromatic heterocycles. The molecular weight excluding hydrogens is 325 g/mol. The van der Waals surface area contributed by atoms with Gasteiger partial charge in [0.2, 0.25) is 0 Å². The van der Waals surface area contributed by atoms with Crippen LogP contribution in [0.4, 0.5) is 9.18 Å². The second-order valence-electron chi connectivity index (χ2n) is 6.00. The van der Waals surface area contributed by atoms with Gasteiger partial charge in [-0.3, -0.25) is 0 Å². The van der Waals surface area contributed by atoms with Crippen molar-refractivity contribution in [2.24, 2.45) is 0 Å². The van der Waals surface area contributed by atoms with Gasteiger partial charge in [-0.05, 0) is 45.7 Å². The lowest BCUT2D eigenvalue weighted by Gasteiger charge is -2.29. The Kier molecular flexibility index (Phi) is 4.37. The summed E-state index contributed by atoms with van der Waals surface area (Å²) in [6.45, 7) is 6.09. The van der Waals surface area contributed by atoms with Crippen LogP contribution in [0.25, 0.3) is 0 Å². The summed E-state index contributed by atoms with van der Waals surface area (Å²) in [6, 6.07) is 4.72. The molecule has 0 aliphatic carbocycles. The Morgan fingerprint density at radius 3 is 2.75 bits per heavy atom. The van der Waals surface area contributed by atoms with Gasteiger partial charge in [-0.1, -0.05) is 22.0 Å². The Morgan fingerprint density at radius 2 is 2.15 bits per heavy atom. The summed E-state index contributed by atoms with van der Waals surface area (Å²) in [5.41, 5.74) is 0.0132. The van der Waals surface area contributed by atoms with E-state index in [1.54, 1.807) is 17.0 Å². The number of halogens is 2. The molecule has 0 spiro atoms. The number of nitrogens with zero attached hydrogens (tertiary/aromatic N) is 1. The molecule has 0 radical (unpaired) electrons. The van der Waals surface area contributed by atoms with Crippen molar-refractivity contribution in [3.05, 3.63) is 34.1 Å². The fourth-order valence-electron chi connectivity index (χ4n) is 2.40. The maximum atomic E-state index is 14.1. The summed E-state index contributed by atoms with van der Waals surface area (Å²) >= 11 is 3.24. The number of hydrogen-bond acceptors (Lipinski definition) is 2. The zero-order chi connectivity index (χ0) is 14.9. The van der Waals surface area contributed by atoms with Gasteiger partial charge < -0.3 is 9.64 Å². The molecule has 1 aliphatic heterocycles. The van der Waals surface area contributed by atoms with E-state index in [-0.39, 0.29) is 18.0 Å². The number of amides is 1. The molecule has 0 saturated carbocycles. The zero-order valence-corrected chi connectivity index (χ0v) is 13.5. The van der Waals surface area contributed by atoms with Gasteiger partial charge in [0.15, 0.2) is 0 Å². The molecule has 1 aliphatic rings. The van der Waals surface area contributed by atoms with Crippen molar-refractivity contribution >= 4 is 22.0 Å². The first-order chi connectivity index (χ1) is 9.28. The van der Waals surface area contributed by atoms with Crippen molar-refractivity contribution < 1.29 is 13.9 Å². The van der Waals surface area contributed by atoms with Crippen molar-refractivity contribution in [3.63, 3.8) is 0 Å². The van der Waals surface area contributed by atoms with Crippen LogP contribution in [0.1, 0.15) is 45.2 Å². The molecule has 5 heteroatoms. The maximum absolute atomic E-state index is 14.1. The average Bonchev–Trinajstić information content (AvgIpc) is 2.75. The summed E-state index contributed by atoms with van der Waals surface area (Å²) in [5, 5.41) is 0. The Labute approximate surface area is 127 Å². The summed E-state index contributed by atoms with van der Waals surface area (Å²) < 4.78 is 20.2. The van der Waals surface area contributed by atoms with Crippen LogP contribution in [0.5, 0.6) is 0 Å². The predicted molar refractivity (Wildman–Crippen MR) is 79.0 cm³/mol. The van der Waals surface area contributed by atoms with Gasteiger partial charge in [0.1, 0.15) is 11.4 Å². The van der Waals surface area contributed by atoms with E-state index in [1.165, 1.54) is 6.07 Å². The van der Waals surface area contributed by atoms with E-state index in [4.69, 9.17) is 4.74 Å². The molecule has 1 aromatic carbocycles. The van der Waals surface area contributed by atoms with E-state index in [2.05, 4.69) is 15.9 Å². The first-order valence-electron chi connectivity index (χ1n) is 6.72. The number of benzene rings is 1. The standard InChI is InChI=1S/C15H19BrFNO2/c1-15(2,3)20-14(19)18-8-4-5-13(18)11-7-6-10(16)9-12(11)17/h6-7,9,13H,4-5,8H2,1-3H3/t13-/m0/s1. The van der Waals surface area contributed by atoms with Crippen LogP contribution in [-0.4, -0.2) is 23.1 Å². The monoisotopic (exact) mass is 343 g/mol. The molecule has 20 heavy (non-hydrogen) atoms. The van der Waals surface area contributed by atoms with E-state index in [9.17, 15) is 9.18 Å². The summed E-state index contributed by atoms with van der Waals surface area (Å²) in [5.74, 6) is -0.292. The SMILES string of the molecule is CC(C)(C)OC(=O)N1CCC[C@H]1c1ccc(Br)cc1F. The lowest BCUT2D eigenvalue weighted by atomic mass is 10.0. The second kappa shape index (κ2) is 5.72. The molecule has 1 aromatic rings. The molecule has 0 bridgehead atoms. The van der Waals surface area contributed by atoms with Crippen LogP contribution in [0.3, 0.4) is 0 Å². The minimum absolute atomic E-state index is 0.238. The minimum Gasteiger partial charge on any atom is -0.444 e. The van der Waals surface area contributed by atoms with Crippen molar-refractivity contribution in [2.45, 2.75) is 45.3 Å². The summed E-state index contributed by atoms with van der Waals surface area (Å²) in [7, 11) is 0. The smallest absolute Gasteiger partial charge is 0.410 e. The molecule has 110 valence electrons. The van der Waals surface area contributed by atoms with Crippen molar-refractivity contribution in [1.82, 2.24) is 4.90 Å². The number of carbonyl (C=O) groups is 1. The number of ether oxygens (including phenoxy) is 1. The van der Waals surface area contributed by atoms with E-state index in [0.717, 1.165) is 12.8 Å². The number of hydrogen-bond donors (Lipinski definition) is 0. The molecule has 1 atom stereocenters. The van der Waals surface area contributed by atoms with Gasteiger partial charge in [-0.2, -0.15) is 0 Å². The molecule has 0 unspecified atom stereocenters. The Balaban J connectivity index is 2.21. The quantitative estimate of drug-likeness (QED) is 0.742. The molecule has 1 saturated heterocycles. The summed E-state index contributed by atoms with van der Waals surface area (Å²) in [4.78, 5) is 13.8. The molecule has 1 fully saturated rings. The largest absolute Gasteiger partial charge is 0.444 e. The van der Waals surface area contributed by atoms with Crippen LogP contribution in [-0.2, 0) is 4.74 Å². The predicted octanol–water partition coefficient (Wildman–Crippen LogP) is 4.66. The molecule has 2 rings (SSSR count). The highest BCUT2D eigenvalue weighted by molar-refractivity contribution is 9.10. The van der Waals surface area contributed by atoms with Crippen molar-refractivity contribution in [2.75, 3.05) is 6.54 Å². The highest BCUT2D eigenvalue weighted by Crippen LogP contribution is 2.35. The van der Waals surface area contributed by atoms with Crippen molar-refractivity contribution in [3.8, 4) is 0 Å². The Bertz CT molecular complexity index is 513. The lowest BCUT2D eigenvalue weighted by Crippen LogP contribution is -2.36. The number of rotatable bonds is 1. The van der Waals surface area contributed by atoms with E-state index in [0.29, 0.717) is 16.6 Å². The number of carbonyl (C=O) groups excluding carboxylic acids is 1.